The Kier molecular flexibility index (Phi) is 16.6. The first-order valence-corrected chi connectivity index (χ1v) is 16.6. The van der Waals surface area contributed by atoms with Crippen LogP contribution in [0.5, 0.6) is 0 Å². The smallest absolute Gasteiger partial charge is 1.00 e. The van der Waals surface area contributed by atoms with E-state index in [1.54, 1.807) is 10.6 Å². The fourth-order valence-electron chi connectivity index (χ4n) is 5.66. The maximum absolute atomic E-state index is 2.43. The summed E-state index contributed by atoms with van der Waals surface area (Å²) in [6, 6.07) is 27.1. The van der Waals surface area contributed by atoms with Crippen molar-refractivity contribution in [2.45, 2.75) is 104 Å². The zero-order chi connectivity index (χ0) is 26.7. The zero-order valence-electron chi connectivity index (χ0n) is 25.6. The Hall–Kier alpha value is -0.0299. The van der Waals surface area contributed by atoms with Crippen LogP contribution in [-0.2, 0) is 25.8 Å². The molecule has 0 radical (unpaired) electrons. The monoisotopic (exact) mass is 768 g/mol. The second-order valence-corrected chi connectivity index (χ2v) is 19.2. The molecule has 4 rings (SSSR count). The number of hydrogen-bond donors (Lipinski definition) is 0. The molecule has 0 aliphatic rings. The molecule has 5 heteroatoms. The Morgan fingerprint density at radius 3 is 1.36 bits per heavy atom. The molecule has 0 aliphatic carbocycles. The Morgan fingerprint density at radius 2 is 1.00 bits per heavy atom. The predicted molar refractivity (Wildman–Crippen MR) is 171 cm³/mol. The molecule has 0 saturated carbocycles. The van der Waals surface area contributed by atoms with Gasteiger partial charge in [-0.15, -0.1) is 80.7 Å². The standard InChI is InChI=1S/2C17H24P.2ClH.Hf/c1-16(2,3)18(17(4,5)6)15-11-13-9-7-8-10-14(13)12-15;1-5-13(3)18(14(4)6-2)17-11-15-9-7-8-10-16(15)12-17;;;/h7-12H,1-6H3;7-14H,5-6H2,1-4H3;2*1H;/q2*-1;;;+4/p-2. The Balaban J connectivity index is 0.000000688. The minimum absolute atomic E-state index is 0. The van der Waals surface area contributed by atoms with Crippen molar-refractivity contribution in [2.24, 2.45) is 0 Å². The molecule has 2 atom stereocenters. The molecule has 212 valence electrons. The van der Waals surface area contributed by atoms with Gasteiger partial charge in [0.1, 0.15) is 0 Å². The third-order valence-electron chi connectivity index (χ3n) is 7.23. The number of benzene rings is 2. The maximum atomic E-state index is 2.43. The van der Waals surface area contributed by atoms with Crippen LogP contribution in [0.15, 0.2) is 72.8 Å². The van der Waals surface area contributed by atoms with Gasteiger partial charge in [-0.1, -0.05) is 97.2 Å². The van der Waals surface area contributed by atoms with E-state index in [4.69, 9.17) is 0 Å². The number of hydrogen-bond acceptors (Lipinski definition) is 0. The van der Waals surface area contributed by atoms with E-state index in [-0.39, 0.29) is 66.5 Å². The molecule has 0 saturated heterocycles. The van der Waals surface area contributed by atoms with E-state index in [0.717, 1.165) is 11.3 Å². The van der Waals surface area contributed by atoms with Crippen molar-refractivity contribution >= 4 is 48.0 Å². The number of fused-ring (bicyclic) bond motifs is 2. The Morgan fingerprint density at radius 1 is 0.641 bits per heavy atom. The van der Waals surface area contributed by atoms with E-state index in [2.05, 4.69) is 142 Å². The summed E-state index contributed by atoms with van der Waals surface area (Å²) in [6.07, 6.45) is 2.58. The first-order chi connectivity index (χ1) is 16.9. The van der Waals surface area contributed by atoms with E-state index in [9.17, 15) is 0 Å². The summed E-state index contributed by atoms with van der Waals surface area (Å²) in [7, 11) is -0.210. The average Bonchev–Trinajstić information content (AvgIpc) is 3.40. The molecule has 0 N–H and O–H groups in total. The van der Waals surface area contributed by atoms with E-state index >= 15 is 0 Å². The van der Waals surface area contributed by atoms with Crippen LogP contribution in [0.3, 0.4) is 0 Å². The fraction of sp³-hybridized carbons (Fsp3) is 0.471. The largest absolute Gasteiger partial charge is 4.00 e. The van der Waals surface area contributed by atoms with Crippen molar-refractivity contribution in [1.82, 2.24) is 0 Å². The molecule has 0 bridgehead atoms. The van der Waals surface area contributed by atoms with Crippen LogP contribution in [0.25, 0.3) is 21.5 Å². The third kappa shape index (κ3) is 10.0. The van der Waals surface area contributed by atoms with Crippen LogP contribution >= 0.6 is 15.8 Å². The molecule has 4 aromatic rings. The van der Waals surface area contributed by atoms with Crippen molar-refractivity contribution in [2.75, 3.05) is 0 Å². The van der Waals surface area contributed by atoms with Crippen molar-refractivity contribution < 1.29 is 50.7 Å². The van der Waals surface area contributed by atoms with Gasteiger partial charge in [-0.3, -0.25) is 0 Å². The van der Waals surface area contributed by atoms with Crippen molar-refractivity contribution in [3.05, 3.63) is 72.8 Å². The van der Waals surface area contributed by atoms with Gasteiger partial charge in [0.15, 0.2) is 0 Å². The zero-order valence-corrected chi connectivity index (χ0v) is 32.5. The van der Waals surface area contributed by atoms with Gasteiger partial charge in [0.2, 0.25) is 0 Å². The minimum atomic E-state index is -0.185. The summed E-state index contributed by atoms with van der Waals surface area (Å²) in [5.41, 5.74) is 1.65. The third-order valence-corrected chi connectivity index (χ3v) is 14.2. The van der Waals surface area contributed by atoms with Gasteiger partial charge in [-0.05, 0) is 34.5 Å². The van der Waals surface area contributed by atoms with Crippen molar-refractivity contribution in [3.63, 3.8) is 0 Å². The summed E-state index contributed by atoms with van der Waals surface area (Å²) < 4.78 is 0. The summed E-state index contributed by atoms with van der Waals surface area (Å²) in [5.74, 6) is 0. The quantitative estimate of drug-likeness (QED) is 0.154. The molecular weight excluding hydrogens is 720 g/mol. The Bertz CT molecular complexity index is 1160. The molecule has 0 nitrogen and oxygen atoms in total. The first-order valence-electron chi connectivity index (χ1n) is 13.8. The van der Waals surface area contributed by atoms with E-state index in [1.165, 1.54) is 34.4 Å². The van der Waals surface area contributed by atoms with Gasteiger partial charge in [0.25, 0.3) is 0 Å². The van der Waals surface area contributed by atoms with Crippen molar-refractivity contribution in [3.8, 4) is 0 Å². The van der Waals surface area contributed by atoms with E-state index < -0.39 is 0 Å². The molecule has 0 spiro atoms. The summed E-state index contributed by atoms with van der Waals surface area (Å²) >= 11 is 0. The second-order valence-electron chi connectivity index (χ2n) is 12.3. The SMILES string of the molecule is CC(C)(C)P(c1cc2ccccc2[cH-]1)C(C)(C)C.CCC(C)P(c1cc2ccccc2[cH-]1)C(C)CC.[Cl-].[Cl-].[Hf+4]. The topological polar surface area (TPSA) is 0 Å². The molecule has 4 aromatic carbocycles. The van der Waals surface area contributed by atoms with Crippen LogP contribution in [0.1, 0.15) is 82.1 Å². The van der Waals surface area contributed by atoms with E-state index in [0.29, 0.717) is 10.3 Å². The molecule has 0 aromatic heterocycles. The van der Waals surface area contributed by atoms with E-state index in [1.807, 2.05) is 0 Å². The average molecular weight is 768 g/mol. The van der Waals surface area contributed by atoms with Gasteiger partial charge < -0.3 is 24.8 Å². The first kappa shape index (κ1) is 39.0. The summed E-state index contributed by atoms with van der Waals surface area (Å²) in [5, 5.41) is 9.43. The van der Waals surface area contributed by atoms with Gasteiger partial charge in [-0.2, -0.15) is 12.1 Å². The van der Waals surface area contributed by atoms with Crippen LogP contribution in [-0.4, -0.2) is 21.6 Å². The fourth-order valence-corrected chi connectivity index (χ4v) is 13.0. The molecule has 0 heterocycles. The molecule has 2 unspecified atom stereocenters. The van der Waals surface area contributed by atoms with Crippen LogP contribution < -0.4 is 35.4 Å². The number of halogens is 2. The predicted octanol–water partition coefficient (Wildman–Crippen LogP) is 4.53. The van der Waals surface area contributed by atoms with Gasteiger partial charge in [0, 0.05) is 0 Å². The van der Waals surface area contributed by atoms with Crippen LogP contribution in [0, 0.1) is 0 Å². The number of rotatable bonds is 6. The second kappa shape index (κ2) is 16.6. The summed E-state index contributed by atoms with van der Waals surface area (Å²) in [6.45, 7) is 23.8. The minimum Gasteiger partial charge on any atom is -1.00 e. The van der Waals surface area contributed by atoms with Crippen LogP contribution in [0.2, 0.25) is 0 Å². The molecular formula is C34H48Cl2HfP2. The molecule has 0 aliphatic heterocycles. The molecule has 0 amide bonds. The van der Waals surface area contributed by atoms with Crippen molar-refractivity contribution in [1.29, 1.82) is 0 Å². The van der Waals surface area contributed by atoms with Gasteiger partial charge in [-0.25, -0.2) is 0 Å². The normalized spacial score (nSPS) is 13.9. The van der Waals surface area contributed by atoms with Gasteiger partial charge >= 0.3 is 25.8 Å². The molecule has 39 heavy (non-hydrogen) atoms. The van der Waals surface area contributed by atoms with Crippen LogP contribution in [0.4, 0.5) is 0 Å². The van der Waals surface area contributed by atoms with Gasteiger partial charge in [0.05, 0.1) is 0 Å². The molecule has 0 fully saturated rings. The maximum Gasteiger partial charge on any atom is 4.00 e. The summed E-state index contributed by atoms with van der Waals surface area (Å²) in [4.78, 5) is 0. The Labute approximate surface area is 273 Å².